The summed E-state index contributed by atoms with van der Waals surface area (Å²) in [5.41, 5.74) is -0.162. The molecule has 0 radical (unpaired) electrons. The van der Waals surface area contributed by atoms with Gasteiger partial charge in [-0.25, -0.2) is 9.97 Å². The molecule has 0 atom stereocenters. The number of aromatic nitrogens is 4. The van der Waals surface area contributed by atoms with E-state index in [4.69, 9.17) is 0 Å². The normalized spacial score (nSPS) is 10.2. The van der Waals surface area contributed by atoms with Gasteiger partial charge in [0, 0.05) is 19.4 Å². The Hall–Kier alpha value is -2.51. The molecule has 2 aromatic rings. The van der Waals surface area contributed by atoms with Crippen LogP contribution in [0.25, 0.3) is 5.82 Å². The number of nitrogens with one attached hydrogen (secondary N) is 1. The van der Waals surface area contributed by atoms with E-state index in [-0.39, 0.29) is 11.5 Å². The van der Waals surface area contributed by atoms with Crippen molar-refractivity contribution < 1.29 is 4.92 Å². The summed E-state index contributed by atoms with van der Waals surface area (Å²) < 4.78 is 1.54. The molecule has 0 amide bonds. The minimum atomic E-state index is -0.520. The molecular weight excluding hydrogens is 224 g/mol. The van der Waals surface area contributed by atoms with Crippen molar-refractivity contribution in [2.24, 2.45) is 0 Å². The van der Waals surface area contributed by atoms with E-state index in [1.165, 1.54) is 6.20 Å². The third kappa shape index (κ3) is 1.92. The summed E-state index contributed by atoms with van der Waals surface area (Å²) in [6.07, 6.45) is 4.35. The van der Waals surface area contributed by atoms with Gasteiger partial charge in [-0.05, 0) is 6.92 Å². The lowest BCUT2D eigenvalue weighted by Gasteiger charge is -2.06. The van der Waals surface area contributed by atoms with Crippen molar-refractivity contribution in [2.75, 3.05) is 12.4 Å². The second-order valence-electron chi connectivity index (χ2n) is 3.25. The summed E-state index contributed by atoms with van der Waals surface area (Å²) in [6, 6.07) is 0. The largest absolute Gasteiger partial charge is 0.357 e. The van der Waals surface area contributed by atoms with Gasteiger partial charge in [-0.15, -0.1) is 0 Å². The Kier molecular flexibility index (Phi) is 2.69. The maximum absolute atomic E-state index is 10.9. The molecule has 0 saturated carbocycles. The molecule has 0 unspecified atom stereocenters. The molecule has 17 heavy (non-hydrogen) atoms. The number of anilines is 1. The van der Waals surface area contributed by atoms with Crippen molar-refractivity contribution in [1.29, 1.82) is 0 Å². The molecule has 0 aliphatic carbocycles. The van der Waals surface area contributed by atoms with E-state index in [0.717, 1.165) is 0 Å². The Morgan fingerprint density at radius 3 is 2.76 bits per heavy atom. The van der Waals surface area contributed by atoms with E-state index in [9.17, 15) is 10.1 Å². The van der Waals surface area contributed by atoms with Crippen molar-refractivity contribution in [3.63, 3.8) is 0 Å². The van der Waals surface area contributed by atoms with Gasteiger partial charge in [0.1, 0.15) is 12.0 Å². The van der Waals surface area contributed by atoms with Gasteiger partial charge in [0.25, 0.3) is 0 Å². The Balaban J connectivity index is 2.65. The number of rotatable bonds is 3. The highest BCUT2D eigenvalue weighted by Crippen LogP contribution is 2.21. The van der Waals surface area contributed by atoms with E-state index < -0.39 is 4.92 Å². The monoisotopic (exact) mass is 234 g/mol. The van der Waals surface area contributed by atoms with Crippen molar-refractivity contribution in [2.45, 2.75) is 6.92 Å². The summed E-state index contributed by atoms with van der Waals surface area (Å²) in [4.78, 5) is 22.3. The molecule has 8 nitrogen and oxygen atoms in total. The summed E-state index contributed by atoms with van der Waals surface area (Å²) in [5, 5.41) is 13.6. The Morgan fingerprint density at radius 1 is 1.47 bits per heavy atom. The predicted molar refractivity (Wildman–Crippen MR) is 60.1 cm³/mol. The standard InChI is InChI=1S/C9H10N6O2/c1-6-11-3-4-14(6)8-7(15(16)17)5-12-9(10-2)13-8/h3-5H,1-2H3,(H,10,12,13). The van der Waals surface area contributed by atoms with Gasteiger partial charge in [0.15, 0.2) is 0 Å². The van der Waals surface area contributed by atoms with Crippen LogP contribution in [0.3, 0.4) is 0 Å². The molecule has 1 N–H and O–H groups in total. The van der Waals surface area contributed by atoms with E-state index in [2.05, 4.69) is 20.3 Å². The van der Waals surface area contributed by atoms with E-state index in [1.54, 1.807) is 30.9 Å². The van der Waals surface area contributed by atoms with Gasteiger partial charge in [-0.2, -0.15) is 4.98 Å². The zero-order valence-electron chi connectivity index (χ0n) is 9.28. The van der Waals surface area contributed by atoms with Gasteiger partial charge in [-0.1, -0.05) is 0 Å². The van der Waals surface area contributed by atoms with Crippen molar-refractivity contribution >= 4 is 11.6 Å². The Bertz CT molecular complexity index is 564. The summed E-state index contributed by atoms with van der Waals surface area (Å²) >= 11 is 0. The fraction of sp³-hybridized carbons (Fsp3) is 0.222. The van der Waals surface area contributed by atoms with Crippen LogP contribution in [-0.2, 0) is 0 Å². The van der Waals surface area contributed by atoms with Gasteiger partial charge in [0.2, 0.25) is 11.8 Å². The van der Waals surface area contributed by atoms with Gasteiger partial charge < -0.3 is 5.32 Å². The molecule has 0 bridgehead atoms. The quantitative estimate of drug-likeness (QED) is 0.626. The first kappa shape index (κ1) is 11.0. The number of nitro groups is 1. The van der Waals surface area contributed by atoms with E-state index in [1.807, 2.05) is 0 Å². The first-order chi connectivity index (χ1) is 8.13. The molecule has 2 heterocycles. The van der Waals surface area contributed by atoms with Crippen LogP contribution in [0.2, 0.25) is 0 Å². The highest BCUT2D eigenvalue weighted by atomic mass is 16.6. The van der Waals surface area contributed by atoms with Crippen LogP contribution in [-0.4, -0.2) is 31.5 Å². The molecule has 0 saturated heterocycles. The smallest absolute Gasteiger partial charge is 0.330 e. The predicted octanol–water partition coefficient (Wildman–Crippen LogP) is 0.921. The van der Waals surface area contributed by atoms with Gasteiger partial charge in [0.05, 0.1) is 4.92 Å². The molecule has 0 aromatic carbocycles. The maximum Gasteiger partial charge on any atom is 0.330 e. The number of aryl methyl sites for hydroxylation is 1. The van der Waals surface area contributed by atoms with Crippen LogP contribution in [0.5, 0.6) is 0 Å². The van der Waals surface area contributed by atoms with Crippen molar-refractivity contribution in [3.05, 3.63) is 34.5 Å². The Labute approximate surface area is 96.5 Å². The fourth-order valence-electron chi connectivity index (χ4n) is 1.39. The third-order valence-electron chi connectivity index (χ3n) is 2.22. The van der Waals surface area contributed by atoms with Gasteiger partial charge in [-0.3, -0.25) is 14.7 Å². The minimum Gasteiger partial charge on any atom is -0.357 e. The van der Waals surface area contributed by atoms with Crippen LogP contribution >= 0.6 is 0 Å². The maximum atomic E-state index is 10.9. The average molecular weight is 234 g/mol. The molecular formula is C9H10N6O2. The first-order valence-corrected chi connectivity index (χ1v) is 4.83. The van der Waals surface area contributed by atoms with Crippen LogP contribution in [0.4, 0.5) is 11.6 Å². The SMILES string of the molecule is CNc1ncc([N+](=O)[O-])c(-n2ccnc2C)n1. The summed E-state index contributed by atoms with van der Waals surface area (Å²) in [5.74, 6) is 1.14. The lowest BCUT2D eigenvalue weighted by molar-refractivity contribution is -0.385. The molecule has 0 fully saturated rings. The third-order valence-corrected chi connectivity index (χ3v) is 2.22. The summed E-state index contributed by atoms with van der Waals surface area (Å²) in [7, 11) is 1.64. The zero-order chi connectivity index (χ0) is 12.4. The molecule has 0 spiro atoms. The van der Waals surface area contributed by atoms with Crippen LogP contribution in [0.15, 0.2) is 18.6 Å². The molecule has 0 aliphatic heterocycles. The Morgan fingerprint density at radius 2 is 2.24 bits per heavy atom. The van der Waals surface area contributed by atoms with E-state index >= 15 is 0 Å². The molecule has 2 rings (SSSR count). The number of hydrogen-bond acceptors (Lipinski definition) is 6. The number of nitrogens with zero attached hydrogens (tertiary/aromatic N) is 5. The molecule has 0 aliphatic rings. The number of imidazole rings is 1. The number of hydrogen-bond donors (Lipinski definition) is 1. The molecule has 8 heteroatoms. The van der Waals surface area contributed by atoms with E-state index in [0.29, 0.717) is 11.8 Å². The zero-order valence-corrected chi connectivity index (χ0v) is 9.28. The van der Waals surface area contributed by atoms with Crippen LogP contribution in [0.1, 0.15) is 5.82 Å². The highest BCUT2D eigenvalue weighted by Gasteiger charge is 2.19. The molecule has 2 aromatic heterocycles. The topological polar surface area (TPSA) is 98.8 Å². The highest BCUT2D eigenvalue weighted by molar-refractivity contribution is 5.49. The fourth-order valence-corrected chi connectivity index (χ4v) is 1.39. The second-order valence-corrected chi connectivity index (χ2v) is 3.25. The first-order valence-electron chi connectivity index (χ1n) is 4.83. The summed E-state index contributed by atoms with van der Waals surface area (Å²) in [6.45, 7) is 1.74. The second kappa shape index (κ2) is 4.16. The van der Waals surface area contributed by atoms with Crippen molar-refractivity contribution in [3.8, 4) is 5.82 Å². The minimum absolute atomic E-state index is 0.162. The van der Waals surface area contributed by atoms with Crippen molar-refractivity contribution in [1.82, 2.24) is 19.5 Å². The lowest BCUT2D eigenvalue weighted by atomic mass is 10.4. The van der Waals surface area contributed by atoms with Crippen LogP contribution in [0, 0.1) is 17.0 Å². The molecule has 88 valence electrons. The lowest BCUT2D eigenvalue weighted by Crippen LogP contribution is -2.07. The van der Waals surface area contributed by atoms with Gasteiger partial charge >= 0.3 is 5.69 Å². The van der Waals surface area contributed by atoms with Crippen LogP contribution < -0.4 is 5.32 Å². The average Bonchev–Trinajstić information content (AvgIpc) is 2.74.